The quantitative estimate of drug-likeness (QED) is 0.454. The fourth-order valence-corrected chi connectivity index (χ4v) is 4.14. The van der Waals surface area contributed by atoms with Crippen molar-refractivity contribution in [1.82, 2.24) is 9.47 Å². The normalized spacial score (nSPS) is 15.5. The number of rotatable bonds is 7. The van der Waals surface area contributed by atoms with Gasteiger partial charge in [0.2, 0.25) is 0 Å². The first-order valence-corrected chi connectivity index (χ1v) is 11.0. The minimum Gasteiger partial charge on any atom is -0.469 e. The van der Waals surface area contributed by atoms with E-state index in [4.69, 9.17) is 4.42 Å². The highest BCUT2D eigenvalue weighted by molar-refractivity contribution is 6.46. The Labute approximate surface area is 188 Å². The molecule has 4 rings (SSSR count). The number of anilines is 2. The van der Waals surface area contributed by atoms with Crippen molar-refractivity contribution in [3.05, 3.63) is 71.9 Å². The van der Waals surface area contributed by atoms with Gasteiger partial charge < -0.3 is 19.2 Å². The lowest BCUT2D eigenvalue weighted by molar-refractivity contribution is -0.112. The van der Waals surface area contributed by atoms with Crippen LogP contribution in [0.5, 0.6) is 0 Å². The molecule has 1 aliphatic rings. The molecule has 3 aromatic rings. The number of carbonyl (C=O) groups is 2. The van der Waals surface area contributed by atoms with Crippen LogP contribution in [0.25, 0.3) is 0 Å². The van der Waals surface area contributed by atoms with Crippen molar-refractivity contribution in [3.63, 3.8) is 0 Å². The number of piperazine rings is 1. The molecule has 2 aromatic heterocycles. The molecule has 168 valence electrons. The third kappa shape index (κ3) is 4.78. The molecule has 1 fully saturated rings. The number of aryl methyl sites for hydroxylation is 1. The van der Waals surface area contributed by atoms with Crippen LogP contribution in [0.2, 0.25) is 0 Å². The van der Waals surface area contributed by atoms with Crippen molar-refractivity contribution in [2.75, 3.05) is 42.9 Å². The molecule has 1 aromatic carbocycles. The second-order valence-corrected chi connectivity index (χ2v) is 8.45. The summed E-state index contributed by atoms with van der Waals surface area (Å²) in [4.78, 5) is 29.6. The largest absolute Gasteiger partial charge is 0.469 e. The first-order valence-electron chi connectivity index (χ1n) is 11.0. The lowest BCUT2D eigenvalue weighted by Gasteiger charge is -2.37. The van der Waals surface area contributed by atoms with Crippen LogP contribution in [0.4, 0.5) is 11.4 Å². The Bertz CT molecular complexity index is 1060. The summed E-state index contributed by atoms with van der Waals surface area (Å²) in [5.74, 6) is 0.246. The average molecular weight is 435 g/mol. The van der Waals surface area contributed by atoms with Crippen molar-refractivity contribution in [2.45, 2.75) is 19.8 Å². The van der Waals surface area contributed by atoms with Gasteiger partial charge in [-0.05, 0) is 55.5 Å². The number of amides is 1. The molecule has 1 atom stereocenters. The molecule has 3 heterocycles. The van der Waals surface area contributed by atoms with E-state index in [1.807, 2.05) is 49.4 Å². The number of furan rings is 1. The zero-order chi connectivity index (χ0) is 22.7. The predicted octanol–water partition coefficient (Wildman–Crippen LogP) is 3.67. The van der Waals surface area contributed by atoms with E-state index in [0.717, 1.165) is 49.9 Å². The molecule has 0 bridgehead atoms. The molecular weight excluding hydrogens is 404 g/mol. The maximum atomic E-state index is 12.4. The lowest BCUT2D eigenvalue weighted by Crippen LogP contribution is -2.47. The van der Waals surface area contributed by atoms with Crippen LogP contribution in [0.1, 0.15) is 34.8 Å². The van der Waals surface area contributed by atoms with Crippen molar-refractivity contribution in [2.24, 2.45) is 7.05 Å². The van der Waals surface area contributed by atoms with Gasteiger partial charge in [0.1, 0.15) is 5.76 Å². The highest BCUT2D eigenvalue weighted by Gasteiger charge is 2.22. The monoisotopic (exact) mass is 434 g/mol. The molecule has 0 saturated carbocycles. The van der Waals surface area contributed by atoms with Gasteiger partial charge in [0.15, 0.2) is 0 Å². The topological polar surface area (TPSA) is 70.7 Å². The first kappa shape index (κ1) is 21.9. The van der Waals surface area contributed by atoms with Crippen LogP contribution in [0.15, 0.2) is 59.2 Å². The minimum atomic E-state index is -0.627. The van der Waals surface area contributed by atoms with E-state index in [1.54, 1.807) is 23.9 Å². The maximum absolute atomic E-state index is 12.4. The van der Waals surface area contributed by atoms with Gasteiger partial charge in [-0.1, -0.05) is 6.92 Å². The summed E-state index contributed by atoms with van der Waals surface area (Å²) in [5, 5.41) is 2.71. The van der Waals surface area contributed by atoms with E-state index in [2.05, 4.69) is 22.0 Å². The minimum absolute atomic E-state index is 0.377. The highest BCUT2D eigenvalue weighted by atomic mass is 16.3. The Morgan fingerprint density at radius 3 is 2.34 bits per heavy atom. The van der Waals surface area contributed by atoms with Crippen LogP contribution < -0.4 is 10.2 Å². The van der Waals surface area contributed by atoms with Crippen LogP contribution in [0.3, 0.4) is 0 Å². The summed E-state index contributed by atoms with van der Waals surface area (Å²) in [6.45, 7) is 8.96. The fraction of sp³-hybridized carbons (Fsp3) is 0.360. The molecule has 7 nitrogen and oxygen atoms in total. The molecule has 0 spiro atoms. The molecule has 0 radical (unpaired) electrons. The van der Waals surface area contributed by atoms with Gasteiger partial charge in [-0.15, -0.1) is 0 Å². The molecule has 1 unspecified atom stereocenters. The van der Waals surface area contributed by atoms with E-state index < -0.39 is 11.7 Å². The number of nitrogens with zero attached hydrogens (tertiary/aromatic N) is 3. The Hall–Kier alpha value is -3.32. The predicted molar refractivity (Wildman–Crippen MR) is 125 cm³/mol. The Morgan fingerprint density at radius 1 is 1.03 bits per heavy atom. The van der Waals surface area contributed by atoms with Gasteiger partial charge in [0.25, 0.3) is 11.7 Å². The third-order valence-electron chi connectivity index (χ3n) is 6.24. The summed E-state index contributed by atoms with van der Waals surface area (Å²) >= 11 is 0. The summed E-state index contributed by atoms with van der Waals surface area (Å²) in [6, 6.07) is 15.2. The molecule has 1 amide bonds. The Kier molecular flexibility index (Phi) is 6.46. The number of benzene rings is 1. The second-order valence-electron chi connectivity index (χ2n) is 8.45. The van der Waals surface area contributed by atoms with Crippen LogP contribution >= 0.6 is 0 Å². The number of hydrogen-bond donors (Lipinski definition) is 1. The van der Waals surface area contributed by atoms with Crippen molar-refractivity contribution in [3.8, 4) is 0 Å². The second kappa shape index (κ2) is 9.44. The smallest absolute Gasteiger partial charge is 0.298 e. The molecule has 1 N–H and O–H groups in total. The van der Waals surface area contributed by atoms with E-state index in [0.29, 0.717) is 17.3 Å². The van der Waals surface area contributed by atoms with Gasteiger partial charge >= 0.3 is 0 Å². The van der Waals surface area contributed by atoms with Gasteiger partial charge in [0, 0.05) is 62.8 Å². The van der Waals surface area contributed by atoms with E-state index in [-0.39, 0.29) is 0 Å². The third-order valence-corrected chi connectivity index (χ3v) is 6.24. The average Bonchev–Trinajstić information content (AvgIpc) is 3.45. The number of aromatic nitrogens is 1. The number of carbonyl (C=O) groups excluding carboxylic acids is 2. The van der Waals surface area contributed by atoms with E-state index in [9.17, 15) is 9.59 Å². The first-order chi connectivity index (χ1) is 15.4. The SMILES string of the molecule is Cc1ccc(C(=O)C(=O)Nc2ccc(N3CCN(CC(C)c4ccco4)CC3)cc2)n1C. The highest BCUT2D eigenvalue weighted by Crippen LogP contribution is 2.22. The van der Waals surface area contributed by atoms with Crippen molar-refractivity contribution in [1.29, 1.82) is 0 Å². The molecule has 1 aliphatic heterocycles. The van der Waals surface area contributed by atoms with Gasteiger partial charge in [-0.2, -0.15) is 0 Å². The summed E-state index contributed by atoms with van der Waals surface area (Å²) in [7, 11) is 1.78. The fourth-order valence-electron chi connectivity index (χ4n) is 4.14. The van der Waals surface area contributed by atoms with Crippen molar-refractivity contribution < 1.29 is 14.0 Å². The number of hydrogen-bond acceptors (Lipinski definition) is 5. The zero-order valence-electron chi connectivity index (χ0n) is 18.9. The molecule has 1 saturated heterocycles. The van der Waals surface area contributed by atoms with Gasteiger partial charge in [-0.3, -0.25) is 14.5 Å². The number of Topliss-reactive ketones (excluding diaryl/α,β-unsaturated/α-hetero) is 1. The Morgan fingerprint density at radius 2 is 1.75 bits per heavy atom. The standard InChI is InChI=1S/C25H30N4O3/c1-18(23-5-4-16-32-23)17-28-12-14-29(15-13-28)21-9-7-20(8-10-21)26-25(31)24(30)22-11-6-19(2)27(22)3/h4-11,16,18H,12-15,17H2,1-3H3,(H,26,31). The zero-order valence-corrected chi connectivity index (χ0v) is 18.9. The van der Waals surface area contributed by atoms with Crippen LogP contribution in [-0.4, -0.2) is 53.9 Å². The molecule has 32 heavy (non-hydrogen) atoms. The summed E-state index contributed by atoms with van der Waals surface area (Å²) in [5.41, 5.74) is 3.05. The maximum Gasteiger partial charge on any atom is 0.298 e. The van der Waals surface area contributed by atoms with E-state index in [1.165, 1.54) is 0 Å². The van der Waals surface area contributed by atoms with Crippen LogP contribution in [0, 0.1) is 6.92 Å². The molecule has 7 heteroatoms. The number of nitrogens with one attached hydrogen (secondary N) is 1. The summed E-state index contributed by atoms with van der Waals surface area (Å²) < 4.78 is 7.25. The van der Waals surface area contributed by atoms with Crippen LogP contribution in [-0.2, 0) is 11.8 Å². The molecule has 0 aliphatic carbocycles. The van der Waals surface area contributed by atoms with E-state index >= 15 is 0 Å². The van der Waals surface area contributed by atoms with Gasteiger partial charge in [-0.25, -0.2) is 0 Å². The van der Waals surface area contributed by atoms with Crippen molar-refractivity contribution >= 4 is 23.1 Å². The summed E-state index contributed by atoms with van der Waals surface area (Å²) in [6.07, 6.45) is 1.73. The Balaban J connectivity index is 1.29. The lowest BCUT2D eigenvalue weighted by atomic mass is 10.1. The molecular formula is C25H30N4O3. The van der Waals surface area contributed by atoms with Gasteiger partial charge in [0.05, 0.1) is 12.0 Å². The number of ketones is 1.